The van der Waals surface area contributed by atoms with Gasteiger partial charge in [0.05, 0.1) is 22.2 Å². The lowest BCUT2D eigenvalue weighted by molar-refractivity contribution is -0.118. The fourth-order valence-electron chi connectivity index (χ4n) is 4.72. The summed E-state index contributed by atoms with van der Waals surface area (Å²) in [7, 11) is 0. The topological polar surface area (TPSA) is 63.6 Å². The molecule has 0 saturated heterocycles. The molecule has 5 nitrogen and oxygen atoms in total. The van der Waals surface area contributed by atoms with Crippen molar-refractivity contribution in [2.75, 3.05) is 5.75 Å². The maximum atomic E-state index is 12.7. The summed E-state index contributed by atoms with van der Waals surface area (Å²) in [6.07, 6.45) is 1.73. The first-order chi connectivity index (χ1) is 19.2. The molecule has 0 bridgehead atoms. The van der Waals surface area contributed by atoms with E-state index in [4.69, 9.17) is 4.74 Å². The highest BCUT2D eigenvalue weighted by atomic mass is 32.2. The molecule has 39 heavy (non-hydrogen) atoms. The molecule has 7 heteroatoms. The zero-order valence-corrected chi connectivity index (χ0v) is 22.8. The quantitative estimate of drug-likeness (QED) is 0.131. The molecule has 1 aliphatic heterocycles. The van der Waals surface area contributed by atoms with E-state index in [1.54, 1.807) is 17.6 Å². The van der Waals surface area contributed by atoms with Crippen LogP contribution in [0.2, 0.25) is 0 Å². The van der Waals surface area contributed by atoms with Crippen LogP contribution >= 0.6 is 23.1 Å². The zero-order valence-electron chi connectivity index (χ0n) is 21.2. The number of carbonyl (C=O) groups is 1. The second-order valence-electron chi connectivity index (χ2n) is 9.11. The van der Waals surface area contributed by atoms with E-state index in [-0.39, 0.29) is 17.6 Å². The predicted octanol–water partition coefficient (Wildman–Crippen LogP) is 7.43. The summed E-state index contributed by atoms with van der Waals surface area (Å²) >= 11 is 3.00. The lowest BCUT2D eigenvalue weighted by Gasteiger charge is -2.30. The summed E-state index contributed by atoms with van der Waals surface area (Å²) in [5.74, 6) is 1.47. The Kier molecular flexibility index (Phi) is 7.25. The van der Waals surface area contributed by atoms with Crippen molar-refractivity contribution in [1.29, 1.82) is 0 Å². The summed E-state index contributed by atoms with van der Waals surface area (Å²) in [6.45, 7) is 2.12. The van der Waals surface area contributed by atoms with Gasteiger partial charge in [0.25, 0.3) is 5.91 Å². The number of rotatable bonds is 7. The molecule has 192 valence electrons. The van der Waals surface area contributed by atoms with Gasteiger partial charge in [-0.1, -0.05) is 96.7 Å². The Morgan fingerprint density at radius 1 is 0.949 bits per heavy atom. The average molecular weight is 548 g/mol. The molecule has 1 atom stereocenters. The summed E-state index contributed by atoms with van der Waals surface area (Å²) in [5.41, 5.74) is 8.90. The van der Waals surface area contributed by atoms with Crippen molar-refractivity contribution >= 4 is 51.2 Å². The second-order valence-corrected chi connectivity index (χ2v) is 11.4. The minimum Gasteiger partial charge on any atom is -0.456 e. The molecule has 1 aromatic heterocycles. The molecular formula is C32H25N3O2S2. The standard InChI is InChI=1S/C32H25N3O2S2/c1-21-11-5-6-14-23(21)30-24-15-7-9-17-27(24)37-31(22-12-3-2-4-13-22)25(30)19-33-35-29(36)20-38-32-34-26-16-8-10-18-28(26)39-32/h2-19,30H,20H2,1H3,(H,35,36)/b33-19-/t30-/m1/s1. The van der Waals surface area contributed by atoms with Crippen LogP contribution in [0, 0.1) is 6.92 Å². The molecule has 1 amide bonds. The number of thiazole rings is 1. The maximum absolute atomic E-state index is 12.7. The Balaban J connectivity index is 1.30. The van der Waals surface area contributed by atoms with Gasteiger partial charge in [-0.3, -0.25) is 4.79 Å². The summed E-state index contributed by atoms with van der Waals surface area (Å²) in [6, 6.07) is 34.5. The Bertz CT molecular complexity index is 1680. The van der Waals surface area contributed by atoms with Gasteiger partial charge in [-0.15, -0.1) is 11.3 Å². The van der Waals surface area contributed by atoms with Crippen molar-refractivity contribution in [1.82, 2.24) is 10.4 Å². The molecule has 4 aromatic carbocycles. The third-order valence-electron chi connectivity index (χ3n) is 6.54. The third-order valence-corrected chi connectivity index (χ3v) is 8.72. The molecule has 0 saturated carbocycles. The molecule has 0 unspecified atom stereocenters. The fraction of sp³-hybridized carbons (Fsp3) is 0.0938. The first-order valence-electron chi connectivity index (χ1n) is 12.6. The van der Waals surface area contributed by atoms with Gasteiger partial charge >= 0.3 is 0 Å². The monoisotopic (exact) mass is 547 g/mol. The van der Waals surface area contributed by atoms with E-state index in [9.17, 15) is 4.79 Å². The van der Waals surface area contributed by atoms with Gasteiger partial charge in [-0.2, -0.15) is 5.10 Å². The molecule has 1 aliphatic rings. The van der Waals surface area contributed by atoms with Crippen molar-refractivity contribution in [2.45, 2.75) is 17.2 Å². The van der Waals surface area contributed by atoms with Gasteiger partial charge in [-0.05, 0) is 36.2 Å². The number of hydrogen-bond acceptors (Lipinski definition) is 6. The highest BCUT2D eigenvalue weighted by Gasteiger charge is 2.31. The van der Waals surface area contributed by atoms with Crippen LogP contribution in [0.5, 0.6) is 5.75 Å². The highest BCUT2D eigenvalue weighted by Crippen LogP contribution is 2.45. The largest absolute Gasteiger partial charge is 0.456 e. The van der Waals surface area contributed by atoms with Gasteiger partial charge in [0.1, 0.15) is 11.5 Å². The number of aromatic nitrogens is 1. The van der Waals surface area contributed by atoms with Crippen molar-refractivity contribution in [3.63, 3.8) is 0 Å². The normalized spacial score (nSPS) is 14.8. The van der Waals surface area contributed by atoms with Crippen LogP contribution < -0.4 is 10.2 Å². The molecule has 0 aliphatic carbocycles. The van der Waals surface area contributed by atoms with E-state index in [1.165, 1.54) is 22.9 Å². The average Bonchev–Trinajstić information content (AvgIpc) is 3.40. The van der Waals surface area contributed by atoms with Gasteiger partial charge in [0, 0.05) is 22.6 Å². The van der Waals surface area contributed by atoms with E-state index in [0.717, 1.165) is 42.8 Å². The molecule has 0 spiro atoms. The fourth-order valence-corrected chi connectivity index (χ4v) is 6.58. The van der Waals surface area contributed by atoms with Crippen LogP contribution in [0.15, 0.2) is 118 Å². The number of para-hydroxylation sites is 2. The van der Waals surface area contributed by atoms with Crippen molar-refractivity contribution < 1.29 is 9.53 Å². The Morgan fingerprint density at radius 2 is 1.67 bits per heavy atom. The minimum absolute atomic E-state index is 0.107. The number of ether oxygens (including phenoxy) is 1. The number of benzene rings is 4. The van der Waals surface area contributed by atoms with Crippen LogP contribution in [0.25, 0.3) is 16.0 Å². The molecule has 6 rings (SSSR count). The third kappa shape index (κ3) is 5.37. The van der Waals surface area contributed by atoms with E-state index >= 15 is 0 Å². The number of allylic oxidation sites excluding steroid dienone is 1. The molecule has 0 radical (unpaired) electrons. The Hall–Kier alpha value is -4.20. The van der Waals surface area contributed by atoms with Crippen molar-refractivity contribution in [3.8, 4) is 5.75 Å². The predicted molar refractivity (Wildman–Crippen MR) is 160 cm³/mol. The number of fused-ring (bicyclic) bond motifs is 2. The second kappa shape index (κ2) is 11.3. The van der Waals surface area contributed by atoms with Crippen LogP contribution in [0.3, 0.4) is 0 Å². The van der Waals surface area contributed by atoms with Crippen molar-refractivity contribution in [2.24, 2.45) is 5.10 Å². The number of amides is 1. The Labute approximate surface area is 235 Å². The molecule has 0 fully saturated rings. The number of aryl methyl sites for hydroxylation is 1. The van der Waals surface area contributed by atoms with Crippen LogP contribution in [0.4, 0.5) is 0 Å². The lowest BCUT2D eigenvalue weighted by Crippen LogP contribution is -2.22. The van der Waals surface area contributed by atoms with E-state index < -0.39 is 0 Å². The van der Waals surface area contributed by atoms with Gasteiger partial charge in [-0.25, -0.2) is 10.4 Å². The number of hydrazone groups is 1. The summed E-state index contributed by atoms with van der Waals surface area (Å²) < 4.78 is 8.45. The number of nitrogens with zero attached hydrogens (tertiary/aromatic N) is 2. The van der Waals surface area contributed by atoms with Crippen molar-refractivity contribution in [3.05, 3.63) is 131 Å². The summed E-state index contributed by atoms with van der Waals surface area (Å²) in [4.78, 5) is 17.3. The van der Waals surface area contributed by atoms with Gasteiger partial charge in [0.2, 0.25) is 0 Å². The van der Waals surface area contributed by atoms with E-state index in [1.807, 2.05) is 78.9 Å². The molecule has 5 aromatic rings. The van der Waals surface area contributed by atoms with Crippen LogP contribution in [0.1, 0.15) is 28.2 Å². The Morgan fingerprint density at radius 3 is 2.49 bits per heavy atom. The molecule has 2 heterocycles. The van der Waals surface area contributed by atoms with Crippen LogP contribution in [-0.2, 0) is 4.79 Å². The van der Waals surface area contributed by atoms with Gasteiger partial charge in [0.15, 0.2) is 4.34 Å². The van der Waals surface area contributed by atoms with Crippen LogP contribution in [-0.4, -0.2) is 22.9 Å². The number of nitrogens with one attached hydrogen (secondary N) is 1. The first kappa shape index (κ1) is 25.1. The van der Waals surface area contributed by atoms with E-state index in [2.05, 4.69) is 46.7 Å². The SMILES string of the molecule is Cc1ccccc1[C@H]1C(/C=N\NC(=O)CSc2nc3ccccc3s2)=C(c2ccccc2)Oc2ccccc21. The zero-order chi connectivity index (χ0) is 26.6. The van der Waals surface area contributed by atoms with E-state index in [0.29, 0.717) is 0 Å². The summed E-state index contributed by atoms with van der Waals surface area (Å²) in [5, 5.41) is 4.41. The molecular weight excluding hydrogens is 523 g/mol. The first-order valence-corrected chi connectivity index (χ1v) is 14.4. The highest BCUT2D eigenvalue weighted by molar-refractivity contribution is 8.01. The van der Waals surface area contributed by atoms with Gasteiger partial charge < -0.3 is 4.74 Å². The smallest absolute Gasteiger partial charge is 0.250 e. The maximum Gasteiger partial charge on any atom is 0.250 e. The number of thioether (sulfide) groups is 1. The minimum atomic E-state index is -0.193. The number of hydrogen-bond donors (Lipinski definition) is 1. The number of carbonyl (C=O) groups excluding carboxylic acids is 1. The lowest BCUT2D eigenvalue weighted by atomic mass is 9.80. The molecule has 1 N–H and O–H groups in total.